The van der Waals surface area contributed by atoms with Crippen LogP contribution in [0, 0.1) is 11.8 Å². The third-order valence-corrected chi connectivity index (χ3v) is 4.46. The van der Waals surface area contributed by atoms with Crippen LogP contribution in [0.15, 0.2) is 24.4 Å². The van der Waals surface area contributed by atoms with E-state index in [4.69, 9.17) is 5.11 Å². The van der Waals surface area contributed by atoms with Gasteiger partial charge in [0.15, 0.2) is 0 Å². The average molecular weight is 286 g/mol. The Morgan fingerprint density at radius 3 is 2.67 bits per heavy atom. The van der Waals surface area contributed by atoms with Crippen LogP contribution in [0.1, 0.15) is 35.3 Å². The predicted molar refractivity (Wildman–Crippen MR) is 77.6 cm³/mol. The molecule has 110 valence electrons. The predicted octanol–water partition coefficient (Wildman–Crippen LogP) is 2.05. The van der Waals surface area contributed by atoms with Crippen LogP contribution in [0.4, 0.5) is 0 Å². The van der Waals surface area contributed by atoms with Gasteiger partial charge in [0.05, 0.1) is 0 Å². The van der Waals surface area contributed by atoms with Gasteiger partial charge in [0.1, 0.15) is 5.69 Å². The Morgan fingerprint density at radius 1 is 1.29 bits per heavy atom. The smallest absolute Gasteiger partial charge is 0.328 e. The third-order valence-electron chi connectivity index (χ3n) is 4.46. The highest BCUT2D eigenvalue weighted by molar-refractivity contribution is 5.97. The van der Waals surface area contributed by atoms with Gasteiger partial charge in [0.25, 0.3) is 5.91 Å². The first-order chi connectivity index (χ1) is 10.1. The molecule has 0 aromatic carbocycles. The molecule has 1 saturated heterocycles. The topological polar surface area (TPSA) is 70.5 Å². The minimum atomic E-state index is -1.03. The summed E-state index contributed by atoms with van der Waals surface area (Å²) in [5.74, 6) is 0.148. The monoisotopic (exact) mass is 286 g/mol. The first kappa shape index (κ1) is 13.8. The van der Waals surface area contributed by atoms with E-state index in [-0.39, 0.29) is 5.91 Å². The van der Waals surface area contributed by atoms with Crippen molar-refractivity contribution in [3.05, 3.63) is 35.7 Å². The molecule has 1 saturated carbocycles. The molecule has 2 unspecified atom stereocenters. The summed E-state index contributed by atoms with van der Waals surface area (Å²) in [5, 5.41) is 8.72. The summed E-state index contributed by atoms with van der Waals surface area (Å²) in [6.45, 7) is 1.62. The van der Waals surface area contributed by atoms with Crippen LogP contribution in [-0.2, 0) is 4.79 Å². The van der Waals surface area contributed by atoms with E-state index in [1.165, 1.54) is 25.3 Å². The molecule has 1 aromatic rings. The van der Waals surface area contributed by atoms with E-state index in [1.807, 2.05) is 4.90 Å². The number of fused-ring (bicyclic) bond motifs is 1. The Bertz CT molecular complexity index is 585. The van der Waals surface area contributed by atoms with Crippen molar-refractivity contribution in [1.29, 1.82) is 0 Å². The molecule has 2 atom stereocenters. The zero-order valence-electron chi connectivity index (χ0n) is 11.7. The second-order valence-corrected chi connectivity index (χ2v) is 5.77. The summed E-state index contributed by atoms with van der Waals surface area (Å²) < 4.78 is 0. The van der Waals surface area contributed by atoms with E-state index in [0.29, 0.717) is 23.1 Å². The maximum absolute atomic E-state index is 12.6. The number of carbonyl (C=O) groups is 2. The minimum absolute atomic E-state index is 0.0879. The van der Waals surface area contributed by atoms with E-state index in [1.54, 1.807) is 18.3 Å². The lowest BCUT2D eigenvalue weighted by atomic mass is 10.0. The van der Waals surface area contributed by atoms with Crippen LogP contribution in [-0.4, -0.2) is 40.0 Å². The van der Waals surface area contributed by atoms with Crippen molar-refractivity contribution in [3.63, 3.8) is 0 Å². The number of aromatic nitrogens is 1. The number of carboxylic acids is 1. The Morgan fingerprint density at radius 2 is 2.00 bits per heavy atom. The number of carbonyl (C=O) groups excluding carboxylic acids is 1. The summed E-state index contributed by atoms with van der Waals surface area (Å²) in [6.07, 6.45) is 7.73. The molecule has 1 aromatic heterocycles. The van der Waals surface area contributed by atoms with Gasteiger partial charge in [-0.05, 0) is 36.8 Å². The number of carboxylic acid groups (broad SMARTS) is 1. The van der Waals surface area contributed by atoms with E-state index in [0.717, 1.165) is 19.2 Å². The fourth-order valence-electron chi connectivity index (χ4n) is 3.44. The molecule has 1 amide bonds. The number of amides is 1. The van der Waals surface area contributed by atoms with Crippen molar-refractivity contribution in [2.45, 2.75) is 19.3 Å². The molecular weight excluding hydrogens is 268 g/mol. The van der Waals surface area contributed by atoms with E-state index < -0.39 is 5.97 Å². The van der Waals surface area contributed by atoms with Crippen LogP contribution in [0.5, 0.6) is 0 Å². The highest BCUT2D eigenvalue weighted by Gasteiger charge is 2.38. The number of hydrogen-bond donors (Lipinski definition) is 1. The lowest BCUT2D eigenvalue weighted by Gasteiger charge is -2.17. The second-order valence-electron chi connectivity index (χ2n) is 5.77. The van der Waals surface area contributed by atoms with E-state index in [2.05, 4.69) is 4.98 Å². The van der Waals surface area contributed by atoms with Crippen LogP contribution in [0.25, 0.3) is 6.08 Å². The zero-order valence-corrected chi connectivity index (χ0v) is 11.7. The average Bonchev–Trinajstić information content (AvgIpc) is 3.05. The van der Waals surface area contributed by atoms with Gasteiger partial charge in [-0.1, -0.05) is 12.5 Å². The number of aliphatic carboxylic acids is 1. The SMILES string of the molecule is O=C(O)/C=C/c1cccnc1C(=O)N1CC2CCCC2C1. The molecular formula is C16H18N2O3. The normalized spacial score (nSPS) is 24.5. The van der Waals surface area contributed by atoms with Gasteiger partial charge in [0.2, 0.25) is 0 Å². The Balaban J connectivity index is 1.80. The van der Waals surface area contributed by atoms with Crippen LogP contribution < -0.4 is 0 Å². The summed E-state index contributed by atoms with van der Waals surface area (Å²) in [6, 6.07) is 3.42. The van der Waals surface area contributed by atoms with Crippen LogP contribution in [0.3, 0.4) is 0 Å². The largest absolute Gasteiger partial charge is 0.478 e. The number of pyridine rings is 1. The van der Waals surface area contributed by atoms with Crippen molar-refractivity contribution in [2.75, 3.05) is 13.1 Å². The summed E-state index contributed by atoms with van der Waals surface area (Å²) in [5.41, 5.74) is 0.900. The van der Waals surface area contributed by atoms with E-state index in [9.17, 15) is 9.59 Å². The summed E-state index contributed by atoms with van der Waals surface area (Å²) >= 11 is 0. The van der Waals surface area contributed by atoms with Gasteiger partial charge in [-0.25, -0.2) is 4.79 Å². The van der Waals surface area contributed by atoms with Gasteiger partial charge < -0.3 is 10.0 Å². The zero-order chi connectivity index (χ0) is 14.8. The van der Waals surface area contributed by atoms with Gasteiger partial charge in [0, 0.05) is 30.9 Å². The number of rotatable bonds is 3. The van der Waals surface area contributed by atoms with Crippen molar-refractivity contribution >= 4 is 18.0 Å². The van der Waals surface area contributed by atoms with Crippen LogP contribution in [0.2, 0.25) is 0 Å². The highest BCUT2D eigenvalue weighted by atomic mass is 16.4. The van der Waals surface area contributed by atoms with Gasteiger partial charge >= 0.3 is 5.97 Å². The molecule has 2 fully saturated rings. The third kappa shape index (κ3) is 2.82. The number of likely N-dealkylation sites (tertiary alicyclic amines) is 1. The molecule has 21 heavy (non-hydrogen) atoms. The molecule has 0 radical (unpaired) electrons. The van der Waals surface area contributed by atoms with Crippen molar-refractivity contribution in [3.8, 4) is 0 Å². The first-order valence-corrected chi connectivity index (χ1v) is 7.30. The fourth-order valence-corrected chi connectivity index (χ4v) is 3.44. The van der Waals surface area contributed by atoms with Gasteiger partial charge in [-0.15, -0.1) is 0 Å². The van der Waals surface area contributed by atoms with Crippen molar-refractivity contribution in [1.82, 2.24) is 9.88 Å². The Hall–Kier alpha value is -2.17. The lowest BCUT2D eigenvalue weighted by molar-refractivity contribution is -0.131. The molecule has 2 heterocycles. The summed E-state index contributed by atoms with van der Waals surface area (Å²) in [4.78, 5) is 29.3. The Kier molecular flexibility index (Phi) is 3.73. The number of nitrogens with zero attached hydrogens (tertiary/aromatic N) is 2. The molecule has 5 heteroatoms. The number of hydrogen-bond acceptors (Lipinski definition) is 3. The van der Waals surface area contributed by atoms with Gasteiger partial charge in [-0.2, -0.15) is 0 Å². The maximum Gasteiger partial charge on any atom is 0.328 e. The maximum atomic E-state index is 12.6. The molecule has 5 nitrogen and oxygen atoms in total. The molecule has 1 N–H and O–H groups in total. The lowest BCUT2D eigenvalue weighted by Crippen LogP contribution is -2.30. The summed E-state index contributed by atoms with van der Waals surface area (Å²) in [7, 11) is 0. The Labute approximate surface area is 123 Å². The minimum Gasteiger partial charge on any atom is -0.478 e. The van der Waals surface area contributed by atoms with Crippen LogP contribution >= 0.6 is 0 Å². The van der Waals surface area contributed by atoms with Crippen molar-refractivity contribution < 1.29 is 14.7 Å². The highest BCUT2D eigenvalue weighted by Crippen LogP contribution is 2.38. The molecule has 3 rings (SSSR count). The molecule has 1 aliphatic heterocycles. The molecule has 2 aliphatic rings. The molecule has 0 spiro atoms. The standard InChI is InChI=1S/C16H18N2O3/c19-14(20)7-6-11-5-2-8-17-15(11)16(21)18-9-12-3-1-4-13(12)10-18/h2,5-8,12-13H,1,3-4,9-10H2,(H,19,20)/b7-6+. The fraction of sp³-hybridized carbons (Fsp3) is 0.438. The first-order valence-electron chi connectivity index (χ1n) is 7.30. The quantitative estimate of drug-likeness (QED) is 0.863. The molecule has 0 bridgehead atoms. The molecule has 1 aliphatic carbocycles. The van der Waals surface area contributed by atoms with Crippen molar-refractivity contribution in [2.24, 2.45) is 11.8 Å². The second kappa shape index (κ2) is 5.68. The van der Waals surface area contributed by atoms with Gasteiger partial charge in [-0.3, -0.25) is 9.78 Å². The van der Waals surface area contributed by atoms with E-state index >= 15 is 0 Å².